The molecule has 0 spiro atoms. The SMILES string of the molecule is CC(C)(C)NC(=O)[C@@H](Cc1ccccc1)N(Cc1ccc(Cl)cc1Cl)C(=O)CN(c1cccc(C(F)(F)F)c1)S(C)(=O)=O. The Morgan fingerprint density at radius 3 is 2.14 bits per heavy atom. The van der Waals surface area contributed by atoms with E-state index in [2.05, 4.69) is 5.32 Å². The van der Waals surface area contributed by atoms with E-state index >= 15 is 0 Å². The van der Waals surface area contributed by atoms with E-state index < -0.39 is 51.7 Å². The lowest BCUT2D eigenvalue weighted by Gasteiger charge is -2.35. The third kappa shape index (κ3) is 9.87. The van der Waals surface area contributed by atoms with Gasteiger partial charge in [0, 0.05) is 28.5 Å². The van der Waals surface area contributed by atoms with Crippen molar-refractivity contribution in [3.8, 4) is 0 Å². The Labute approximate surface area is 259 Å². The van der Waals surface area contributed by atoms with Crippen LogP contribution in [0.4, 0.5) is 18.9 Å². The Morgan fingerprint density at radius 1 is 0.930 bits per heavy atom. The van der Waals surface area contributed by atoms with E-state index in [9.17, 15) is 31.2 Å². The number of hydrogen-bond donors (Lipinski definition) is 1. The molecule has 3 aromatic carbocycles. The molecule has 0 aliphatic carbocycles. The molecule has 0 bridgehead atoms. The molecule has 7 nitrogen and oxygen atoms in total. The molecular weight excluding hydrogens is 626 g/mol. The number of carbonyl (C=O) groups excluding carboxylic acids is 2. The molecule has 1 N–H and O–H groups in total. The fourth-order valence-electron chi connectivity index (χ4n) is 4.29. The van der Waals surface area contributed by atoms with Crippen molar-refractivity contribution in [3.05, 3.63) is 99.5 Å². The van der Waals surface area contributed by atoms with Gasteiger partial charge in [0.2, 0.25) is 21.8 Å². The summed E-state index contributed by atoms with van der Waals surface area (Å²) in [5.41, 5.74) is -0.980. The van der Waals surface area contributed by atoms with E-state index in [4.69, 9.17) is 23.2 Å². The summed E-state index contributed by atoms with van der Waals surface area (Å²) in [5.74, 6) is -1.35. The molecular formula is C30H32Cl2F3N3O4S. The van der Waals surface area contributed by atoms with Crippen LogP contribution < -0.4 is 9.62 Å². The van der Waals surface area contributed by atoms with Crippen LogP contribution in [-0.4, -0.2) is 49.5 Å². The Kier molecular flexibility index (Phi) is 10.8. The van der Waals surface area contributed by atoms with Gasteiger partial charge in [-0.1, -0.05) is 65.7 Å². The number of nitrogens with one attached hydrogen (secondary N) is 1. The van der Waals surface area contributed by atoms with Gasteiger partial charge in [0.05, 0.1) is 17.5 Å². The lowest BCUT2D eigenvalue weighted by atomic mass is 10.0. The maximum absolute atomic E-state index is 14.1. The fourth-order valence-corrected chi connectivity index (χ4v) is 5.60. The van der Waals surface area contributed by atoms with Gasteiger partial charge in [-0.05, 0) is 62.2 Å². The highest BCUT2D eigenvalue weighted by atomic mass is 35.5. The number of rotatable bonds is 10. The normalized spacial score (nSPS) is 12.9. The summed E-state index contributed by atoms with van der Waals surface area (Å²) in [5, 5.41) is 3.42. The fraction of sp³-hybridized carbons (Fsp3) is 0.333. The van der Waals surface area contributed by atoms with E-state index in [1.807, 2.05) is 0 Å². The molecule has 1 atom stereocenters. The summed E-state index contributed by atoms with van der Waals surface area (Å²) in [6.07, 6.45) is -3.90. The van der Waals surface area contributed by atoms with E-state index in [1.165, 1.54) is 11.0 Å². The molecule has 0 saturated carbocycles. The van der Waals surface area contributed by atoms with Crippen molar-refractivity contribution in [2.45, 2.75) is 51.5 Å². The number of nitrogens with zero attached hydrogens (tertiary/aromatic N) is 2. The first-order valence-corrected chi connectivity index (χ1v) is 15.7. The second-order valence-corrected chi connectivity index (χ2v) is 13.8. The molecule has 0 aromatic heterocycles. The highest BCUT2D eigenvalue weighted by Crippen LogP contribution is 2.32. The van der Waals surface area contributed by atoms with Gasteiger partial charge in [-0.25, -0.2) is 8.42 Å². The van der Waals surface area contributed by atoms with Crippen molar-refractivity contribution in [2.24, 2.45) is 0 Å². The van der Waals surface area contributed by atoms with Gasteiger partial charge in [0.1, 0.15) is 12.6 Å². The van der Waals surface area contributed by atoms with Crippen LogP contribution in [0.15, 0.2) is 72.8 Å². The van der Waals surface area contributed by atoms with E-state index in [1.54, 1.807) is 63.2 Å². The molecule has 3 rings (SSSR count). The quantitative estimate of drug-likeness (QED) is 0.276. The molecule has 0 heterocycles. The van der Waals surface area contributed by atoms with Crippen LogP contribution in [0.3, 0.4) is 0 Å². The second kappa shape index (κ2) is 13.6. The third-order valence-corrected chi connectivity index (χ3v) is 7.99. The first-order chi connectivity index (χ1) is 19.8. The molecule has 13 heteroatoms. The first-order valence-electron chi connectivity index (χ1n) is 13.1. The standard InChI is InChI=1S/C30H32Cl2F3N3O4S/c1-29(2,3)36-28(40)26(15-20-9-6-5-7-10-20)37(18-21-13-14-23(31)17-25(21)32)27(39)19-38(43(4,41)42)24-12-8-11-22(16-24)30(33,34)35/h5-14,16-17,26H,15,18-19H2,1-4H3,(H,36,40)/t26-/m1/s1. The Hall–Kier alpha value is -3.28. The molecule has 43 heavy (non-hydrogen) atoms. The van der Waals surface area contributed by atoms with Crippen LogP contribution in [0, 0.1) is 0 Å². The Balaban J connectivity index is 2.13. The van der Waals surface area contributed by atoms with E-state index in [0.717, 1.165) is 30.0 Å². The average Bonchev–Trinajstić information content (AvgIpc) is 2.88. The molecule has 0 unspecified atom stereocenters. The van der Waals surface area contributed by atoms with Gasteiger partial charge in [-0.15, -0.1) is 0 Å². The number of benzene rings is 3. The van der Waals surface area contributed by atoms with Crippen molar-refractivity contribution >= 4 is 50.7 Å². The number of alkyl halides is 3. The molecule has 0 fully saturated rings. The lowest BCUT2D eigenvalue weighted by molar-refractivity contribution is -0.140. The van der Waals surface area contributed by atoms with Crippen LogP contribution in [-0.2, 0) is 38.8 Å². The first kappa shape index (κ1) is 34.2. The van der Waals surface area contributed by atoms with Crippen LogP contribution in [0.1, 0.15) is 37.5 Å². The van der Waals surface area contributed by atoms with Gasteiger partial charge in [0.15, 0.2) is 0 Å². The zero-order chi connectivity index (χ0) is 32.2. The molecule has 0 radical (unpaired) electrons. The molecule has 2 amide bonds. The van der Waals surface area contributed by atoms with Crippen molar-refractivity contribution < 1.29 is 31.2 Å². The van der Waals surface area contributed by atoms with Gasteiger partial charge in [-0.3, -0.25) is 13.9 Å². The van der Waals surface area contributed by atoms with Crippen molar-refractivity contribution in [1.29, 1.82) is 0 Å². The van der Waals surface area contributed by atoms with Gasteiger partial charge in [-0.2, -0.15) is 13.2 Å². The Morgan fingerprint density at radius 2 is 1.58 bits per heavy atom. The maximum atomic E-state index is 14.1. The van der Waals surface area contributed by atoms with E-state index in [0.29, 0.717) is 21.0 Å². The third-order valence-electron chi connectivity index (χ3n) is 6.27. The van der Waals surface area contributed by atoms with Gasteiger partial charge < -0.3 is 10.2 Å². The summed E-state index contributed by atoms with van der Waals surface area (Å²) < 4.78 is 66.6. The predicted octanol–water partition coefficient (Wildman–Crippen LogP) is 6.33. The van der Waals surface area contributed by atoms with Crippen molar-refractivity contribution in [2.75, 3.05) is 17.1 Å². The minimum Gasteiger partial charge on any atom is -0.350 e. The summed E-state index contributed by atoms with van der Waals surface area (Å²) in [7, 11) is -4.25. The highest BCUT2D eigenvalue weighted by Gasteiger charge is 2.36. The van der Waals surface area contributed by atoms with E-state index in [-0.39, 0.29) is 23.7 Å². The second-order valence-electron chi connectivity index (χ2n) is 11.0. The van der Waals surface area contributed by atoms with Crippen LogP contribution in [0.2, 0.25) is 10.0 Å². The topological polar surface area (TPSA) is 86.8 Å². The Bertz CT molecular complexity index is 1560. The van der Waals surface area contributed by atoms with Crippen LogP contribution >= 0.6 is 23.2 Å². The van der Waals surface area contributed by atoms with Crippen LogP contribution in [0.5, 0.6) is 0 Å². The molecule has 0 saturated heterocycles. The molecule has 232 valence electrons. The van der Waals surface area contributed by atoms with Crippen molar-refractivity contribution in [1.82, 2.24) is 10.2 Å². The van der Waals surface area contributed by atoms with Crippen molar-refractivity contribution in [3.63, 3.8) is 0 Å². The summed E-state index contributed by atoms with van der Waals surface area (Å²) in [6.45, 7) is 4.22. The number of carbonyl (C=O) groups is 2. The number of sulfonamides is 1. The summed E-state index contributed by atoms with van der Waals surface area (Å²) >= 11 is 12.5. The summed E-state index contributed by atoms with van der Waals surface area (Å²) in [6, 6.07) is 16.0. The van der Waals surface area contributed by atoms with Crippen LogP contribution in [0.25, 0.3) is 0 Å². The molecule has 3 aromatic rings. The number of amides is 2. The smallest absolute Gasteiger partial charge is 0.350 e. The summed E-state index contributed by atoms with van der Waals surface area (Å²) in [4.78, 5) is 29.0. The molecule has 0 aliphatic heterocycles. The minimum atomic E-state index is -4.74. The lowest BCUT2D eigenvalue weighted by Crippen LogP contribution is -2.56. The monoisotopic (exact) mass is 657 g/mol. The molecule has 0 aliphatic rings. The minimum absolute atomic E-state index is 0.0577. The predicted molar refractivity (Wildman–Crippen MR) is 162 cm³/mol. The zero-order valence-corrected chi connectivity index (χ0v) is 26.3. The van der Waals surface area contributed by atoms with Gasteiger partial charge in [0.25, 0.3) is 0 Å². The average molecular weight is 659 g/mol. The number of halogens is 5. The number of anilines is 1. The highest BCUT2D eigenvalue weighted by molar-refractivity contribution is 7.92. The number of hydrogen-bond acceptors (Lipinski definition) is 4. The maximum Gasteiger partial charge on any atom is 0.416 e. The largest absolute Gasteiger partial charge is 0.416 e. The zero-order valence-electron chi connectivity index (χ0n) is 24.0. The van der Waals surface area contributed by atoms with Gasteiger partial charge >= 0.3 is 6.18 Å².